The number of hydrogen-bond donors (Lipinski definition) is 2. The van der Waals surface area contributed by atoms with Gasteiger partial charge >= 0.3 is 11.9 Å². The molecular weight excluding hydrogens is 590 g/mol. The summed E-state index contributed by atoms with van der Waals surface area (Å²) in [6.07, 6.45) is 7.92. The summed E-state index contributed by atoms with van der Waals surface area (Å²) in [5.41, 5.74) is 4.29. The summed E-state index contributed by atoms with van der Waals surface area (Å²) in [5.74, 6) is 1.23. The van der Waals surface area contributed by atoms with Gasteiger partial charge in [0.25, 0.3) is 0 Å². The molecule has 10 nitrogen and oxygen atoms in total. The molecule has 0 spiro atoms. The zero-order chi connectivity index (χ0) is 31.9. The van der Waals surface area contributed by atoms with Crippen LogP contribution in [-0.2, 0) is 22.6 Å². The Morgan fingerprint density at radius 1 is 1.04 bits per heavy atom. The van der Waals surface area contributed by atoms with Crippen LogP contribution in [-0.4, -0.2) is 89.1 Å². The number of likely N-dealkylation sites (tertiary alicyclic amines) is 1. The zero-order valence-electron chi connectivity index (χ0n) is 27.3. The van der Waals surface area contributed by atoms with Crippen LogP contribution in [0, 0.1) is 19.8 Å². The van der Waals surface area contributed by atoms with E-state index < -0.39 is 0 Å². The number of carbonyl (C=O) groups excluding carboxylic acids is 3. The van der Waals surface area contributed by atoms with Crippen LogP contribution in [0.3, 0.4) is 0 Å². The van der Waals surface area contributed by atoms with Gasteiger partial charge in [-0.2, -0.15) is 0 Å². The van der Waals surface area contributed by atoms with E-state index in [-0.39, 0.29) is 28.2 Å². The predicted octanol–water partition coefficient (Wildman–Crippen LogP) is 4.49. The first kappa shape index (κ1) is 32.0. The van der Waals surface area contributed by atoms with E-state index in [4.69, 9.17) is 16.6 Å². The van der Waals surface area contributed by atoms with Crippen LogP contribution in [0.2, 0.25) is 5.02 Å². The van der Waals surface area contributed by atoms with Crippen molar-refractivity contribution < 1.29 is 14.4 Å². The number of benzene rings is 1. The number of imidazole rings is 1. The first-order chi connectivity index (χ1) is 21.6. The molecule has 5 heterocycles. The topological polar surface area (TPSA) is 99.6 Å². The highest BCUT2D eigenvalue weighted by atomic mass is 35.5. The van der Waals surface area contributed by atoms with Crippen LogP contribution in [0.4, 0.5) is 10.5 Å². The standard InChI is InChI=1S/C34H48ClN7O3/c1-22-6-9-29(20-30(22)35)42(24(3)43)16-11-25(12-17-42)33(44)37-13-5-14-40-26-7-8-27(40)19-28(18-26)41-23(2)38-31-21-39(34(45)36-4)15-10-32(31)41/h6,9,20,25-28H,5,7-8,10-19,21H2,1-4H3,(H-,36,37,44,45)/p+1/t25?,26-,27+,28?,42?. The van der Waals surface area contributed by atoms with E-state index in [1.807, 2.05) is 30.0 Å². The van der Waals surface area contributed by atoms with E-state index in [0.717, 1.165) is 61.5 Å². The van der Waals surface area contributed by atoms with Crippen molar-refractivity contribution in [2.24, 2.45) is 5.92 Å². The van der Waals surface area contributed by atoms with Gasteiger partial charge in [-0.25, -0.2) is 19.1 Å². The third-order valence-corrected chi connectivity index (χ3v) is 11.6. The van der Waals surface area contributed by atoms with E-state index in [1.54, 1.807) is 14.0 Å². The van der Waals surface area contributed by atoms with E-state index in [1.165, 1.54) is 18.5 Å². The molecule has 0 saturated carbocycles. The van der Waals surface area contributed by atoms with Gasteiger partial charge in [0.2, 0.25) is 5.91 Å². The lowest BCUT2D eigenvalue weighted by atomic mass is 9.92. The highest BCUT2D eigenvalue weighted by Gasteiger charge is 2.44. The van der Waals surface area contributed by atoms with Crippen LogP contribution in [0.5, 0.6) is 0 Å². The number of quaternary nitrogens is 1. The number of urea groups is 1. The Labute approximate surface area is 272 Å². The quantitative estimate of drug-likeness (QED) is 0.344. The minimum atomic E-state index is -0.0590. The molecule has 2 aromatic rings. The van der Waals surface area contributed by atoms with Crippen molar-refractivity contribution in [3.8, 4) is 0 Å². The Morgan fingerprint density at radius 2 is 1.76 bits per heavy atom. The maximum absolute atomic E-state index is 13.1. The molecule has 4 aliphatic rings. The van der Waals surface area contributed by atoms with E-state index in [2.05, 4.69) is 27.0 Å². The minimum absolute atomic E-state index is 0.0349. The average Bonchev–Trinajstić information content (AvgIpc) is 3.49. The Hall–Kier alpha value is -2.95. The third kappa shape index (κ3) is 6.13. The Balaban J connectivity index is 0.980. The summed E-state index contributed by atoms with van der Waals surface area (Å²) in [4.78, 5) is 47.6. The molecule has 45 heavy (non-hydrogen) atoms. The van der Waals surface area contributed by atoms with Crippen LogP contribution < -0.4 is 15.1 Å². The second-order valence-electron chi connectivity index (χ2n) is 13.7. The summed E-state index contributed by atoms with van der Waals surface area (Å²) in [6, 6.07) is 7.46. The van der Waals surface area contributed by atoms with Crippen molar-refractivity contribution in [3.05, 3.63) is 46.0 Å². The average molecular weight is 639 g/mol. The van der Waals surface area contributed by atoms with Crippen molar-refractivity contribution in [2.45, 2.75) is 96.8 Å². The van der Waals surface area contributed by atoms with E-state index in [0.29, 0.717) is 62.2 Å². The maximum atomic E-state index is 13.1. The van der Waals surface area contributed by atoms with Crippen LogP contribution in [0.15, 0.2) is 18.2 Å². The predicted molar refractivity (Wildman–Crippen MR) is 176 cm³/mol. The molecule has 4 amide bonds. The molecule has 3 atom stereocenters. The first-order valence-corrected chi connectivity index (χ1v) is 17.2. The number of halogens is 1. The highest BCUT2D eigenvalue weighted by molar-refractivity contribution is 6.31. The lowest BCUT2D eigenvalue weighted by Crippen LogP contribution is -2.58. The van der Waals surface area contributed by atoms with Gasteiger partial charge < -0.3 is 20.1 Å². The Kier molecular flexibility index (Phi) is 9.28. The first-order valence-electron chi connectivity index (χ1n) is 16.8. The number of aryl methyl sites for hydroxylation is 2. The van der Waals surface area contributed by atoms with Gasteiger partial charge in [0, 0.05) is 86.8 Å². The maximum Gasteiger partial charge on any atom is 0.317 e. The van der Waals surface area contributed by atoms with Gasteiger partial charge in [0.05, 0.1) is 32.3 Å². The van der Waals surface area contributed by atoms with Crippen molar-refractivity contribution in [1.82, 2.24) is 34.5 Å². The number of aromatic nitrogens is 2. The molecule has 11 heteroatoms. The Bertz CT molecular complexity index is 1440. The largest absolute Gasteiger partial charge is 0.356 e. The molecule has 1 aromatic heterocycles. The molecule has 1 aromatic carbocycles. The zero-order valence-corrected chi connectivity index (χ0v) is 28.0. The molecule has 3 saturated heterocycles. The number of carbonyl (C=O) groups is 3. The molecule has 6 rings (SSSR count). The lowest BCUT2D eigenvalue weighted by Gasteiger charge is -2.41. The fourth-order valence-electron chi connectivity index (χ4n) is 8.67. The van der Waals surface area contributed by atoms with E-state index >= 15 is 0 Å². The molecule has 2 bridgehead atoms. The second kappa shape index (κ2) is 13.0. The third-order valence-electron chi connectivity index (χ3n) is 11.2. The highest BCUT2D eigenvalue weighted by Crippen LogP contribution is 2.42. The fraction of sp³-hybridized carbons (Fsp3) is 0.647. The normalized spacial score (nSPS) is 28.1. The van der Waals surface area contributed by atoms with Gasteiger partial charge in [-0.3, -0.25) is 9.69 Å². The summed E-state index contributed by atoms with van der Waals surface area (Å²) in [5, 5.41) is 6.64. The van der Waals surface area contributed by atoms with Crippen LogP contribution in [0.25, 0.3) is 0 Å². The number of nitrogens with one attached hydrogen (secondary N) is 2. The fourth-order valence-corrected chi connectivity index (χ4v) is 8.84. The smallest absolute Gasteiger partial charge is 0.317 e. The summed E-state index contributed by atoms with van der Waals surface area (Å²) >= 11 is 6.40. The molecule has 1 unspecified atom stereocenters. The number of piperidine rings is 2. The van der Waals surface area contributed by atoms with Crippen molar-refractivity contribution >= 4 is 35.1 Å². The lowest BCUT2D eigenvalue weighted by molar-refractivity contribution is -0.133. The minimum Gasteiger partial charge on any atom is -0.356 e. The van der Waals surface area contributed by atoms with Crippen LogP contribution >= 0.6 is 11.6 Å². The SMILES string of the molecule is CNC(=O)N1CCc2c(nc(C)n2C2C[C@H]3CC[C@@H](C2)N3CCCNC(=O)C2CC[N+](C(C)=O)(c3ccc(C)c(Cl)c3)CC2)C1. The summed E-state index contributed by atoms with van der Waals surface area (Å²) < 4.78 is 2.76. The molecule has 0 radical (unpaired) electrons. The number of amides is 4. The van der Waals surface area contributed by atoms with Gasteiger partial charge in [-0.1, -0.05) is 17.7 Å². The molecular formula is C34H49ClN7O3+. The van der Waals surface area contributed by atoms with Crippen molar-refractivity contribution in [2.75, 3.05) is 39.8 Å². The second-order valence-corrected chi connectivity index (χ2v) is 14.1. The molecule has 2 N–H and O–H groups in total. The molecule has 244 valence electrons. The monoisotopic (exact) mass is 638 g/mol. The number of hydrogen-bond acceptors (Lipinski definition) is 5. The van der Waals surface area contributed by atoms with Crippen LogP contribution in [0.1, 0.15) is 80.7 Å². The Morgan fingerprint density at radius 3 is 2.40 bits per heavy atom. The van der Waals surface area contributed by atoms with Crippen molar-refractivity contribution in [3.63, 3.8) is 0 Å². The molecule has 4 aliphatic heterocycles. The molecule has 3 fully saturated rings. The summed E-state index contributed by atoms with van der Waals surface area (Å²) in [6.45, 7) is 9.98. The summed E-state index contributed by atoms with van der Waals surface area (Å²) in [7, 11) is 1.68. The van der Waals surface area contributed by atoms with Gasteiger partial charge in [-0.05, 0) is 57.6 Å². The number of fused-ring (bicyclic) bond motifs is 3. The van der Waals surface area contributed by atoms with E-state index in [9.17, 15) is 14.4 Å². The number of nitrogens with zero attached hydrogens (tertiary/aromatic N) is 5. The van der Waals surface area contributed by atoms with Gasteiger partial charge in [0.15, 0.2) is 0 Å². The van der Waals surface area contributed by atoms with Gasteiger partial charge in [0.1, 0.15) is 11.5 Å². The van der Waals surface area contributed by atoms with Crippen molar-refractivity contribution in [1.29, 1.82) is 0 Å². The van der Waals surface area contributed by atoms with Gasteiger partial charge in [-0.15, -0.1) is 0 Å². The molecule has 0 aliphatic carbocycles. The number of rotatable bonds is 7.